The molecule has 0 bridgehead atoms. The molecular weight excluding hydrogens is 405 g/mol. The number of piperidine rings is 1. The fourth-order valence-electron chi connectivity index (χ4n) is 4.04. The standard InChI is InChI=1S/C26H36FN3O2/c1-20(2)32-19-25(22-9-5-4-6-10-22)28-26(31)30(17-21-13-15-29(3)16-14-21)18-23-11-7-8-12-24(23)27/h4-12,20-21,25H,13-19H2,1-3H3,(H,28,31). The first-order chi connectivity index (χ1) is 15.4. The molecule has 1 N–H and O–H groups in total. The van der Waals surface area contributed by atoms with Crippen LogP contribution in [0.4, 0.5) is 9.18 Å². The fraction of sp³-hybridized carbons (Fsp3) is 0.500. The Kier molecular flexibility index (Phi) is 9.06. The van der Waals surface area contributed by atoms with Crippen LogP contribution in [0.1, 0.15) is 43.9 Å². The van der Waals surface area contributed by atoms with Crippen molar-refractivity contribution in [3.05, 3.63) is 71.5 Å². The van der Waals surface area contributed by atoms with Crippen molar-refractivity contribution in [3.63, 3.8) is 0 Å². The van der Waals surface area contributed by atoms with Crippen LogP contribution in [0.15, 0.2) is 54.6 Å². The Morgan fingerprint density at radius 1 is 1.12 bits per heavy atom. The molecule has 2 aromatic carbocycles. The van der Waals surface area contributed by atoms with Gasteiger partial charge in [0.2, 0.25) is 0 Å². The number of ether oxygens (including phenoxy) is 1. The molecule has 174 valence electrons. The average molecular weight is 442 g/mol. The van der Waals surface area contributed by atoms with Gasteiger partial charge >= 0.3 is 6.03 Å². The van der Waals surface area contributed by atoms with Gasteiger partial charge in [-0.25, -0.2) is 9.18 Å². The minimum Gasteiger partial charge on any atom is -0.376 e. The highest BCUT2D eigenvalue weighted by molar-refractivity contribution is 5.74. The zero-order valence-corrected chi connectivity index (χ0v) is 19.5. The van der Waals surface area contributed by atoms with Crippen molar-refractivity contribution in [2.45, 2.75) is 45.4 Å². The highest BCUT2D eigenvalue weighted by Gasteiger charge is 2.25. The van der Waals surface area contributed by atoms with Gasteiger partial charge in [-0.05, 0) is 64.4 Å². The normalized spacial score (nSPS) is 16.2. The second-order valence-corrected chi connectivity index (χ2v) is 9.01. The Morgan fingerprint density at radius 2 is 1.78 bits per heavy atom. The number of urea groups is 1. The lowest BCUT2D eigenvalue weighted by atomic mass is 9.96. The number of carbonyl (C=O) groups excluding carboxylic acids is 1. The molecule has 1 fully saturated rings. The molecule has 0 radical (unpaired) electrons. The summed E-state index contributed by atoms with van der Waals surface area (Å²) in [6.07, 6.45) is 2.14. The van der Waals surface area contributed by atoms with Gasteiger partial charge in [0, 0.05) is 12.1 Å². The molecule has 5 nitrogen and oxygen atoms in total. The first-order valence-electron chi connectivity index (χ1n) is 11.6. The lowest BCUT2D eigenvalue weighted by Crippen LogP contribution is -2.46. The first-order valence-corrected chi connectivity index (χ1v) is 11.6. The van der Waals surface area contributed by atoms with E-state index in [2.05, 4.69) is 17.3 Å². The topological polar surface area (TPSA) is 44.8 Å². The van der Waals surface area contributed by atoms with Gasteiger partial charge in [-0.1, -0.05) is 48.5 Å². The summed E-state index contributed by atoms with van der Waals surface area (Å²) in [7, 11) is 2.12. The number of rotatable bonds is 9. The number of nitrogens with zero attached hydrogens (tertiary/aromatic N) is 2. The van der Waals surface area contributed by atoms with Crippen LogP contribution >= 0.6 is 0 Å². The van der Waals surface area contributed by atoms with E-state index in [0.29, 0.717) is 24.6 Å². The van der Waals surface area contributed by atoms with Gasteiger partial charge in [0.25, 0.3) is 0 Å². The number of hydrogen-bond donors (Lipinski definition) is 1. The van der Waals surface area contributed by atoms with E-state index >= 15 is 0 Å². The molecule has 3 rings (SSSR count). The second-order valence-electron chi connectivity index (χ2n) is 9.01. The van der Waals surface area contributed by atoms with Crippen molar-refractivity contribution in [3.8, 4) is 0 Å². The molecule has 0 aromatic heterocycles. The Labute approximate surface area is 191 Å². The molecule has 32 heavy (non-hydrogen) atoms. The molecule has 1 aliphatic rings. The first kappa shape index (κ1) is 24.2. The van der Waals surface area contributed by atoms with Crippen LogP contribution in [-0.2, 0) is 11.3 Å². The van der Waals surface area contributed by atoms with Crippen LogP contribution in [0.2, 0.25) is 0 Å². The monoisotopic (exact) mass is 441 g/mol. The van der Waals surface area contributed by atoms with Gasteiger partial charge < -0.3 is 19.9 Å². The summed E-state index contributed by atoms with van der Waals surface area (Å²) in [5.74, 6) is 0.127. The number of likely N-dealkylation sites (tertiary alicyclic amines) is 1. The smallest absolute Gasteiger partial charge is 0.318 e. The van der Waals surface area contributed by atoms with E-state index < -0.39 is 0 Å². The molecule has 1 unspecified atom stereocenters. The number of benzene rings is 2. The van der Waals surface area contributed by atoms with Crippen molar-refractivity contribution in [2.24, 2.45) is 5.92 Å². The van der Waals surface area contributed by atoms with E-state index in [1.807, 2.05) is 50.2 Å². The van der Waals surface area contributed by atoms with E-state index in [-0.39, 0.29) is 30.5 Å². The molecule has 0 aliphatic carbocycles. The zero-order valence-electron chi connectivity index (χ0n) is 19.5. The molecule has 1 heterocycles. The van der Waals surface area contributed by atoms with Crippen LogP contribution in [-0.4, -0.2) is 55.2 Å². The predicted octanol–water partition coefficient (Wildman–Crippen LogP) is 4.85. The van der Waals surface area contributed by atoms with Gasteiger partial charge in [0.15, 0.2) is 0 Å². The molecule has 1 atom stereocenters. The third-order valence-corrected chi connectivity index (χ3v) is 6.02. The molecule has 2 amide bonds. The summed E-state index contributed by atoms with van der Waals surface area (Å²) in [5.41, 5.74) is 1.52. The van der Waals surface area contributed by atoms with E-state index in [0.717, 1.165) is 31.5 Å². The summed E-state index contributed by atoms with van der Waals surface area (Å²) in [6.45, 7) is 7.25. The lowest BCUT2D eigenvalue weighted by molar-refractivity contribution is 0.0606. The zero-order chi connectivity index (χ0) is 22.9. The van der Waals surface area contributed by atoms with Crippen LogP contribution in [0.25, 0.3) is 0 Å². The maximum atomic E-state index is 14.4. The largest absolute Gasteiger partial charge is 0.376 e. The van der Waals surface area contributed by atoms with E-state index in [1.165, 1.54) is 6.07 Å². The Balaban J connectivity index is 1.76. The minimum absolute atomic E-state index is 0.0619. The Hall–Kier alpha value is -2.44. The van der Waals surface area contributed by atoms with Gasteiger partial charge in [0.1, 0.15) is 5.82 Å². The third kappa shape index (κ3) is 7.31. The van der Waals surface area contributed by atoms with Crippen LogP contribution in [0.3, 0.4) is 0 Å². The van der Waals surface area contributed by atoms with Crippen LogP contribution < -0.4 is 5.32 Å². The number of carbonyl (C=O) groups is 1. The number of halogens is 1. The molecule has 0 saturated carbocycles. The van der Waals surface area contributed by atoms with Crippen LogP contribution in [0, 0.1) is 11.7 Å². The summed E-state index contributed by atoms with van der Waals surface area (Å²) in [5, 5.41) is 3.16. The predicted molar refractivity (Wildman–Crippen MR) is 126 cm³/mol. The Bertz CT molecular complexity index is 838. The van der Waals surface area contributed by atoms with Crippen molar-refractivity contribution >= 4 is 6.03 Å². The van der Waals surface area contributed by atoms with Crippen molar-refractivity contribution in [2.75, 3.05) is 33.3 Å². The molecule has 6 heteroatoms. The number of amides is 2. The minimum atomic E-state index is -0.281. The van der Waals surface area contributed by atoms with Gasteiger partial charge in [-0.15, -0.1) is 0 Å². The van der Waals surface area contributed by atoms with Crippen LogP contribution in [0.5, 0.6) is 0 Å². The summed E-state index contributed by atoms with van der Waals surface area (Å²) in [4.78, 5) is 17.5. The maximum absolute atomic E-state index is 14.4. The van der Waals surface area contributed by atoms with Crippen molar-refractivity contribution in [1.29, 1.82) is 0 Å². The maximum Gasteiger partial charge on any atom is 0.318 e. The lowest BCUT2D eigenvalue weighted by Gasteiger charge is -2.34. The molecule has 0 spiro atoms. The molecular formula is C26H36FN3O2. The SMILES string of the molecule is CC(C)OCC(NC(=O)N(Cc1ccccc1F)CC1CCN(C)CC1)c1ccccc1. The van der Waals surface area contributed by atoms with E-state index in [9.17, 15) is 9.18 Å². The second kappa shape index (κ2) is 12.0. The van der Waals surface area contributed by atoms with E-state index in [1.54, 1.807) is 17.0 Å². The highest BCUT2D eigenvalue weighted by atomic mass is 19.1. The quantitative estimate of drug-likeness (QED) is 0.605. The van der Waals surface area contributed by atoms with Gasteiger partial charge in [-0.3, -0.25) is 0 Å². The fourth-order valence-corrected chi connectivity index (χ4v) is 4.04. The third-order valence-electron chi connectivity index (χ3n) is 6.02. The van der Waals surface area contributed by atoms with Gasteiger partial charge in [-0.2, -0.15) is 0 Å². The summed E-state index contributed by atoms with van der Waals surface area (Å²) >= 11 is 0. The van der Waals surface area contributed by atoms with Gasteiger partial charge in [0.05, 0.1) is 25.3 Å². The average Bonchev–Trinajstić information content (AvgIpc) is 2.79. The highest BCUT2D eigenvalue weighted by Crippen LogP contribution is 2.21. The van der Waals surface area contributed by atoms with E-state index in [4.69, 9.17) is 4.74 Å². The number of nitrogens with one attached hydrogen (secondary N) is 1. The Morgan fingerprint density at radius 3 is 2.44 bits per heavy atom. The van der Waals surface area contributed by atoms with Crippen molar-refractivity contribution < 1.29 is 13.9 Å². The molecule has 1 aliphatic heterocycles. The molecule has 2 aromatic rings. The molecule has 1 saturated heterocycles. The summed E-state index contributed by atoms with van der Waals surface area (Å²) in [6, 6.07) is 16.1. The van der Waals surface area contributed by atoms with Crippen molar-refractivity contribution in [1.82, 2.24) is 15.1 Å². The number of hydrogen-bond acceptors (Lipinski definition) is 3. The summed E-state index contributed by atoms with van der Waals surface area (Å²) < 4.78 is 20.2.